The Morgan fingerprint density at radius 2 is 2.00 bits per heavy atom. The fraction of sp³-hybridized carbons (Fsp3) is 0.167. The minimum Gasteiger partial charge on any atom is -0.408 e. The van der Waals surface area contributed by atoms with Gasteiger partial charge in [0.15, 0.2) is 0 Å². The maximum Gasteiger partial charge on any atom is 0.315 e. The van der Waals surface area contributed by atoms with E-state index >= 15 is 0 Å². The first-order valence-corrected chi connectivity index (χ1v) is 5.82. The summed E-state index contributed by atoms with van der Waals surface area (Å²) in [5.74, 6) is 0.524. The molecule has 7 heteroatoms. The zero-order valence-electron chi connectivity index (χ0n) is 10.3. The maximum atomic E-state index is 5.21. The van der Waals surface area contributed by atoms with Crippen molar-refractivity contribution in [3.63, 3.8) is 0 Å². The normalized spacial score (nSPS) is 10.6. The van der Waals surface area contributed by atoms with E-state index in [1.807, 2.05) is 36.5 Å². The van der Waals surface area contributed by atoms with Gasteiger partial charge in [0.1, 0.15) is 5.69 Å². The van der Waals surface area contributed by atoms with Gasteiger partial charge in [-0.25, -0.2) is 4.68 Å². The number of benzene rings is 1. The van der Waals surface area contributed by atoms with Crippen molar-refractivity contribution in [1.82, 2.24) is 25.2 Å². The lowest BCUT2D eigenvalue weighted by atomic mass is 10.3. The van der Waals surface area contributed by atoms with E-state index in [-0.39, 0.29) is 0 Å². The van der Waals surface area contributed by atoms with Gasteiger partial charge in [0, 0.05) is 6.92 Å². The quantitative estimate of drug-likeness (QED) is 0.763. The molecule has 0 atom stereocenters. The van der Waals surface area contributed by atoms with Crippen molar-refractivity contribution in [2.24, 2.45) is 0 Å². The average molecular weight is 256 g/mol. The zero-order valence-corrected chi connectivity index (χ0v) is 10.3. The van der Waals surface area contributed by atoms with Crippen molar-refractivity contribution in [3.8, 4) is 5.69 Å². The van der Waals surface area contributed by atoms with Crippen molar-refractivity contribution in [2.45, 2.75) is 13.5 Å². The summed E-state index contributed by atoms with van der Waals surface area (Å²) in [6.07, 6.45) is 1.85. The van der Waals surface area contributed by atoms with Gasteiger partial charge in [0.2, 0.25) is 5.89 Å². The maximum absolute atomic E-state index is 5.21. The van der Waals surface area contributed by atoms with Gasteiger partial charge in [-0.1, -0.05) is 28.5 Å². The van der Waals surface area contributed by atoms with E-state index in [9.17, 15) is 0 Å². The molecule has 0 bridgehead atoms. The molecule has 3 rings (SSSR count). The predicted molar refractivity (Wildman–Crippen MR) is 67.7 cm³/mol. The molecule has 0 unspecified atom stereocenters. The van der Waals surface area contributed by atoms with Crippen molar-refractivity contribution >= 4 is 6.01 Å². The first-order chi connectivity index (χ1) is 9.31. The van der Waals surface area contributed by atoms with Gasteiger partial charge in [-0.05, 0) is 12.1 Å². The first kappa shape index (κ1) is 11.4. The zero-order chi connectivity index (χ0) is 13.1. The number of nitrogens with one attached hydrogen (secondary N) is 1. The molecule has 1 N–H and O–H groups in total. The van der Waals surface area contributed by atoms with Crippen LogP contribution in [0.15, 0.2) is 40.9 Å². The molecular weight excluding hydrogens is 244 g/mol. The third-order valence-electron chi connectivity index (χ3n) is 2.51. The van der Waals surface area contributed by atoms with E-state index in [1.165, 1.54) is 0 Å². The monoisotopic (exact) mass is 256 g/mol. The number of nitrogens with zero attached hydrogens (tertiary/aromatic N) is 5. The third kappa shape index (κ3) is 2.59. The molecule has 0 saturated heterocycles. The third-order valence-corrected chi connectivity index (χ3v) is 2.51. The van der Waals surface area contributed by atoms with Crippen LogP contribution in [0.2, 0.25) is 0 Å². The van der Waals surface area contributed by atoms with Gasteiger partial charge in [0.25, 0.3) is 0 Å². The van der Waals surface area contributed by atoms with Gasteiger partial charge < -0.3 is 9.73 Å². The molecule has 2 aromatic heterocycles. The fourth-order valence-electron chi connectivity index (χ4n) is 1.62. The molecule has 0 aliphatic rings. The summed E-state index contributed by atoms with van der Waals surface area (Å²) in [6, 6.07) is 10.2. The predicted octanol–water partition coefficient (Wildman–Crippen LogP) is 1.57. The number of anilines is 1. The molecule has 0 aliphatic carbocycles. The van der Waals surface area contributed by atoms with Gasteiger partial charge >= 0.3 is 6.01 Å². The van der Waals surface area contributed by atoms with E-state index in [0.29, 0.717) is 18.5 Å². The molecular formula is C12H12N6O. The fourth-order valence-corrected chi connectivity index (χ4v) is 1.62. The lowest BCUT2D eigenvalue weighted by Crippen LogP contribution is -1.99. The molecule has 3 aromatic rings. The number of rotatable bonds is 4. The second-order valence-electron chi connectivity index (χ2n) is 3.97. The minimum atomic E-state index is 0.381. The van der Waals surface area contributed by atoms with E-state index in [1.54, 1.807) is 11.6 Å². The van der Waals surface area contributed by atoms with Crippen LogP contribution in [0.4, 0.5) is 6.01 Å². The number of para-hydroxylation sites is 1. The summed E-state index contributed by atoms with van der Waals surface area (Å²) < 4.78 is 6.93. The molecule has 0 fully saturated rings. The molecule has 7 nitrogen and oxygen atoms in total. The van der Waals surface area contributed by atoms with Crippen LogP contribution in [-0.4, -0.2) is 25.2 Å². The van der Waals surface area contributed by atoms with Crippen molar-refractivity contribution in [1.29, 1.82) is 0 Å². The van der Waals surface area contributed by atoms with Crippen LogP contribution in [0, 0.1) is 6.92 Å². The molecule has 1 aromatic carbocycles. The summed E-state index contributed by atoms with van der Waals surface area (Å²) in [7, 11) is 0. The van der Waals surface area contributed by atoms with Crippen LogP contribution in [-0.2, 0) is 6.54 Å². The Morgan fingerprint density at radius 3 is 2.74 bits per heavy atom. The van der Waals surface area contributed by atoms with Crippen LogP contribution in [0.1, 0.15) is 11.6 Å². The molecule has 96 valence electrons. The lowest BCUT2D eigenvalue weighted by molar-refractivity contribution is 0.530. The van der Waals surface area contributed by atoms with Crippen LogP contribution >= 0.6 is 0 Å². The molecule has 0 radical (unpaired) electrons. The average Bonchev–Trinajstić information content (AvgIpc) is 3.06. The van der Waals surface area contributed by atoms with Crippen LogP contribution in [0.3, 0.4) is 0 Å². The summed E-state index contributed by atoms with van der Waals surface area (Å²) in [6.45, 7) is 2.22. The Labute approximate surface area is 109 Å². The Bertz CT molecular complexity index is 660. The molecule has 2 heterocycles. The Balaban J connectivity index is 1.68. The summed E-state index contributed by atoms with van der Waals surface area (Å²) in [5.41, 5.74) is 1.76. The van der Waals surface area contributed by atoms with Gasteiger partial charge in [-0.3, -0.25) is 0 Å². The molecule has 0 saturated carbocycles. The second-order valence-corrected chi connectivity index (χ2v) is 3.97. The number of aromatic nitrogens is 5. The van der Waals surface area contributed by atoms with Crippen LogP contribution < -0.4 is 5.32 Å². The highest BCUT2D eigenvalue weighted by Gasteiger charge is 2.05. The summed E-state index contributed by atoms with van der Waals surface area (Å²) in [5, 5.41) is 18.7. The summed E-state index contributed by atoms with van der Waals surface area (Å²) in [4.78, 5) is 0. The van der Waals surface area contributed by atoms with Crippen LogP contribution in [0.25, 0.3) is 5.69 Å². The smallest absolute Gasteiger partial charge is 0.315 e. The Morgan fingerprint density at radius 1 is 1.16 bits per heavy atom. The molecule has 0 aliphatic heterocycles. The van der Waals surface area contributed by atoms with E-state index in [4.69, 9.17) is 4.42 Å². The SMILES string of the molecule is Cc1nnc(NCc2cn(-c3ccccc3)nn2)o1. The van der Waals surface area contributed by atoms with Crippen molar-refractivity contribution in [2.75, 3.05) is 5.32 Å². The highest BCUT2D eigenvalue weighted by atomic mass is 16.4. The van der Waals surface area contributed by atoms with Gasteiger partial charge in [0.05, 0.1) is 18.4 Å². The van der Waals surface area contributed by atoms with E-state index in [0.717, 1.165) is 11.4 Å². The standard InChI is InChI=1S/C12H12N6O/c1-9-14-16-12(19-9)13-7-10-8-18(17-15-10)11-5-3-2-4-6-11/h2-6,8H,7H2,1H3,(H,13,16). The first-order valence-electron chi connectivity index (χ1n) is 5.82. The molecule has 0 amide bonds. The topological polar surface area (TPSA) is 81.7 Å². The Kier molecular flexibility index (Phi) is 2.93. The van der Waals surface area contributed by atoms with Crippen LogP contribution in [0.5, 0.6) is 0 Å². The highest BCUT2D eigenvalue weighted by molar-refractivity contribution is 5.30. The largest absolute Gasteiger partial charge is 0.408 e. The molecule has 19 heavy (non-hydrogen) atoms. The van der Waals surface area contributed by atoms with Crippen molar-refractivity contribution < 1.29 is 4.42 Å². The lowest BCUT2D eigenvalue weighted by Gasteiger charge is -1.98. The number of hydrogen-bond donors (Lipinski definition) is 1. The summed E-state index contributed by atoms with van der Waals surface area (Å²) >= 11 is 0. The number of hydrogen-bond acceptors (Lipinski definition) is 6. The van der Waals surface area contributed by atoms with Gasteiger partial charge in [-0.2, -0.15) is 0 Å². The number of aryl methyl sites for hydroxylation is 1. The highest BCUT2D eigenvalue weighted by Crippen LogP contribution is 2.08. The van der Waals surface area contributed by atoms with E-state index in [2.05, 4.69) is 25.8 Å². The van der Waals surface area contributed by atoms with Crippen molar-refractivity contribution in [3.05, 3.63) is 48.1 Å². The van der Waals surface area contributed by atoms with E-state index < -0.39 is 0 Å². The Hall–Kier alpha value is -2.70. The molecule has 0 spiro atoms. The second kappa shape index (κ2) is 4.89. The minimum absolute atomic E-state index is 0.381. The van der Waals surface area contributed by atoms with Gasteiger partial charge in [-0.15, -0.1) is 10.2 Å².